The summed E-state index contributed by atoms with van der Waals surface area (Å²) in [5, 5.41) is 0. The molecule has 0 aromatic rings. The molecule has 104 valence electrons. The van der Waals surface area contributed by atoms with Crippen LogP contribution in [-0.4, -0.2) is 0 Å². The molecule has 1 saturated carbocycles. The Morgan fingerprint density at radius 1 is 0.647 bits per heavy atom. The fourth-order valence-electron chi connectivity index (χ4n) is 3.08. The van der Waals surface area contributed by atoms with Crippen LogP contribution in [-0.2, 0) is 0 Å². The Hall–Kier alpha value is 0. The zero-order valence-corrected chi connectivity index (χ0v) is 12.9. The fourth-order valence-corrected chi connectivity index (χ4v) is 3.08. The number of hydrogen-bond donors (Lipinski definition) is 0. The highest BCUT2D eigenvalue weighted by atomic mass is 14.3. The van der Waals surface area contributed by atoms with Crippen LogP contribution in [0.25, 0.3) is 0 Å². The van der Waals surface area contributed by atoms with Gasteiger partial charge >= 0.3 is 0 Å². The van der Waals surface area contributed by atoms with Crippen LogP contribution in [0.3, 0.4) is 0 Å². The Balaban J connectivity index is 0.00000121. The van der Waals surface area contributed by atoms with Crippen LogP contribution < -0.4 is 0 Å². The minimum atomic E-state index is 1.09. The second kappa shape index (κ2) is 12.5. The van der Waals surface area contributed by atoms with Gasteiger partial charge in [0.25, 0.3) is 0 Å². The molecule has 0 aromatic heterocycles. The third kappa shape index (κ3) is 8.69. The molecule has 1 aliphatic rings. The van der Waals surface area contributed by atoms with Gasteiger partial charge in [0.15, 0.2) is 0 Å². The van der Waals surface area contributed by atoms with Crippen molar-refractivity contribution in [1.82, 2.24) is 0 Å². The SMILES string of the molecule is CC.CCCCCCC1CCC(CCC)CC1. The zero-order valence-electron chi connectivity index (χ0n) is 12.9. The molecule has 0 unspecified atom stereocenters. The molecule has 0 spiro atoms. The normalized spacial score (nSPS) is 24.0. The van der Waals surface area contributed by atoms with Crippen LogP contribution in [0.2, 0.25) is 0 Å². The molecule has 0 nitrogen and oxygen atoms in total. The predicted octanol–water partition coefficient (Wildman–Crippen LogP) is 6.59. The lowest BCUT2D eigenvalue weighted by Crippen LogP contribution is -2.14. The summed E-state index contributed by atoms with van der Waals surface area (Å²) in [6, 6.07) is 0. The monoisotopic (exact) mass is 240 g/mol. The average Bonchev–Trinajstić information content (AvgIpc) is 2.39. The zero-order chi connectivity index (χ0) is 12.9. The predicted molar refractivity (Wildman–Crippen MR) is 80.5 cm³/mol. The summed E-state index contributed by atoms with van der Waals surface area (Å²) in [7, 11) is 0. The summed E-state index contributed by atoms with van der Waals surface area (Å²) in [5.74, 6) is 2.18. The Kier molecular flexibility index (Phi) is 12.5. The standard InChI is InChI=1S/C15H30.C2H6/c1-3-5-6-7-9-15-12-10-14(8-4-2)11-13-15;1-2/h14-15H,3-13H2,1-2H3;1-2H3. The van der Waals surface area contributed by atoms with E-state index in [-0.39, 0.29) is 0 Å². The van der Waals surface area contributed by atoms with Crippen molar-refractivity contribution >= 4 is 0 Å². The van der Waals surface area contributed by atoms with E-state index in [1.807, 2.05) is 13.8 Å². The van der Waals surface area contributed by atoms with Crippen molar-refractivity contribution in [3.63, 3.8) is 0 Å². The van der Waals surface area contributed by atoms with Crippen molar-refractivity contribution in [3.05, 3.63) is 0 Å². The Bertz CT molecular complexity index is 128. The van der Waals surface area contributed by atoms with Crippen molar-refractivity contribution in [3.8, 4) is 0 Å². The lowest BCUT2D eigenvalue weighted by atomic mass is 9.78. The van der Waals surface area contributed by atoms with E-state index >= 15 is 0 Å². The number of hydrogen-bond acceptors (Lipinski definition) is 0. The molecule has 1 aliphatic carbocycles. The third-order valence-electron chi connectivity index (χ3n) is 4.13. The van der Waals surface area contributed by atoms with Gasteiger partial charge in [-0.25, -0.2) is 0 Å². The van der Waals surface area contributed by atoms with Crippen molar-refractivity contribution in [1.29, 1.82) is 0 Å². The molecular weight excluding hydrogens is 204 g/mol. The largest absolute Gasteiger partial charge is 0.0683 e. The van der Waals surface area contributed by atoms with E-state index in [1.165, 1.54) is 70.6 Å². The van der Waals surface area contributed by atoms with Gasteiger partial charge in [-0.2, -0.15) is 0 Å². The smallest absolute Gasteiger partial charge is 0.0414 e. The van der Waals surface area contributed by atoms with E-state index in [1.54, 1.807) is 0 Å². The summed E-state index contributed by atoms with van der Waals surface area (Å²) in [6.45, 7) is 8.63. The molecule has 0 atom stereocenters. The molecule has 0 saturated heterocycles. The van der Waals surface area contributed by atoms with Gasteiger partial charge < -0.3 is 0 Å². The van der Waals surface area contributed by atoms with Crippen molar-refractivity contribution in [2.45, 2.75) is 98.3 Å². The van der Waals surface area contributed by atoms with Crippen LogP contribution in [0.1, 0.15) is 98.3 Å². The Morgan fingerprint density at radius 2 is 1.18 bits per heavy atom. The first-order chi connectivity index (χ1) is 8.36. The first kappa shape index (κ1) is 17.0. The van der Waals surface area contributed by atoms with E-state index in [9.17, 15) is 0 Å². The Labute approximate surface area is 111 Å². The minimum Gasteiger partial charge on any atom is -0.0683 e. The fraction of sp³-hybridized carbons (Fsp3) is 1.00. The van der Waals surface area contributed by atoms with E-state index < -0.39 is 0 Å². The average molecular weight is 240 g/mol. The highest BCUT2D eigenvalue weighted by Gasteiger charge is 2.19. The van der Waals surface area contributed by atoms with Gasteiger partial charge in [0.2, 0.25) is 0 Å². The van der Waals surface area contributed by atoms with Gasteiger partial charge in [0, 0.05) is 0 Å². The van der Waals surface area contributed by atoms with Crippen LogP contribution in [0.4, 0.5) is 0 Å². The first-order valence-corrected chi connectivity index (χ1v) is 8.36. The highest BCUT2D eigenvalue weighted by Crippen LogP contribution is 2.34. The minimum absolute atomic E-state index is 1.09. The first-order valence-electron chi connectivity index (χ1n) is 8.36. The molecular formula is C17H36. The molecule has 0 N–H and O–H groups in total. The van der Waals surface area contributed by atoms with Crippen LogP contribution >= 0.6 is 0 Å². The lowest BCUT2D eigenvalue weighted by molar-refractivity contribution is 0.247. The van der Waals surface area contributed by atoms with Gasteiger partial charge in [0.1, 0.15) is 0 Å². The molecule has 1 fully saturated rings. The number of rotatable bonds is 7. The molecule has 0 heteroatoms. The second-order valence-electron chi connectivity index (χ2n) is 5.52. The van der Waals surface area contributed by atoms with Gasteiger partial charge in [-0.3, -0.25) is 0 Å². The summed E-state index contributed by atoms with van der Waals surface area (Å²) in [4.78, 5) is 0. The maximum atomic E-state index is 2.33. The van der Waals surface area contributed by atoms with Gasteiger partial charge in [-0.15, -0.1) is 0 Å². The van der Waals surface area contributed by atoms with Gasteiger partial charge in [-0.1, -0.05) is 98.3 Å². The van der Waals surface area contributed by atoms with E-state index in [0.29, 0.717) is 0 Å². The molecule has 0 radical (unpaired) electrons. The van der Waals surface area contributed by atoms with Crippen molar-refractivity contribution in [2.75, 3.05) is 0 Å². The quantitative estimate of drug-likeness (QED) is 0.440. The third-order valence-corrected chi connectivity index (χ3v) is 4.13. The maximum Gasteiger partial charge on any atom is -0.0414 e. The lowest BCUT2D eigenvalue weighted by Gasteiger charge is -2.28. The summed E-state index contributed by atoms with van der Waals surface area (Å²) >= 11 is 0. The van der Waals surface area contributed by atoms with E-state index in [2.05, 4.69) is 13.8 Å². The Morgan fingerprint density at radius 3 is 1.65 bits per heavy atom. The van der Waals surface area contributed by atoms with E-state index in [4.69, 9.17) is 0 Å². The summed E-state index contributed by atoms with van der Waals surface area (Å²) < 4.78 is 0. The van der Waals surface area contributed by atoms with E-state index in [0.717, 1.165) is 11.8 Å². The van der Waals surface area contributed by atoms with Gasteiger partial charge in [-0.05, 0) is 11.8 Å². The summed E-state index contributed by atoms with van der Waals surface area (Å²) in [5.41, 5.74) is 0. The van der Waals surface area contributed by atoms with Crippen molar-refractivity contribution in [2.24, 2.45) is 11.8 Å². The molecule has 0 heterocycles. The molecule has 0 bridgehead atoms. The van der Waals surface area contributed by atoms with Crippen LogP contribution in [0, 0.1) is 11.8 Å². The maximum absolute atomic E-state index is 2.33. The molecule has 0 aliphatic heterocycles. The molecule has 17 heavy (non-hydrogen) atoms. The second-order valence-corrected chi connectivity index (χ2v) is 5.52. The number of unbranched alkanes of at least 4 members (excludes halogenated alkanes) is 3. The summed E-state index contributed by atoms with van der Waals surface area (Å²) in [6.07, 6.45) is 16.4. The van der Waals surface area contributed by atoms with Crippen LogP contribution in [0.15, 0.2) is 0 Å². The topological polar surface area (TPSA) is 0 Å². The molecule has 0 aromatic carbocycles. The molecule has 1 rings (SSSR count). The highest BCUT2D eigenvalue weighted by molar-refractivity contribution is 4.72. The van der Waals surface area contributed by atoms with Crippen LogP contribution in [0.5, 0.6) is 0 Å². The van der Waals surface area contributed by atoms with Crippen molar-refractivity contribution < 1.29 is 0 Å². The van der Waals surface area contributed by atoms with Gasteiger partial charge in [0.05, 0.1) is 0 Å². The molecule has 0 amide bonds.